The Balaban J connectivity index is 2.16. The van der Waals surface area contributed by atoms with E-state index in [9.17, 15) is 20.1 Å². The number of carbonyl (C=O) groups excluding carboxylic acids is 1. The lowest BCUT2D eigenvalue weighted by molar-refractivity contribution is -0.121. The number of hydrogen-bond acceptors (Lipinski definition) is 5. The lowest BCUT2D eigenvalue weighted by Gasteiger charge is -2.17. The summed E-state index contributed by atoms with van der Waals surface area (Å²) in [5.74, 6) is -0.311. The summed E-state index contributed by atoms with van der Waals surface area (Å²) in [5, 5.41) is 35.0. The van der Waals surface area contributed by atoms with Gasteiger partial charge in [0.25, 0.3) is 0 Å². The molecule has 0 saturated heterocycles. The van der Waals surface area contributed by atoms with E-state index in [0.29, 0.717) is 18.5 Å². The van der Waals surface area contributed by atoms with Crippen LogP contribution in [0.15, 0.2) is 18.2 Å². The van der Waals surface area contributed by atoms with E-state index in [-0.39, 0.29) is 23.4 Å². The minimum Gasteiger partial charge on any atom is -0.504 e. The molecule has 5 N–H and O–H groups in total. The number of phenols is 2. The lowest BCUT2D eigenvalue weighted by atomic mass is 10.1. The van der Waals surface area contributed by atoms with Gasteiger partial charge in [-0.3, -0.25) is 4.79 Å². The second-order valence-corrected chi connectivity index (χ2v) is 6.52. The summed E-state index contributed by atoms with van der Waals surface area (Å²) in [4.78, 5) is 11.6. The summed E-state index contributed by atoms with van der Waals surface area (Å²) < 4.78 is 0. The van der Waals surface area contributed by atoms with Crippen molar-refractivity contribution in [2.24, 2.45) is 0 Å². The van der Waals surface area contributed by atoms with Crippen molar-refractivity contribution in [1.29, 1.82) is 0 Å². The number of carbonyl (C=O) groups is 1. The Labute approximate surface area is 150 Å². The van der Waals surface area contributed by atoms with Crippen LogP contribution in [0.2, 0.25) is 0 Å². The van der Waals surface area contributed by atoms with Crippen LogP contribution in [0.5, 0.6) is 11.5 Å². The van der Waals surface area contributed by atoms with E-state index in [1.54, 1.807) is 6.07 Å². The van der Waals surface area contributed by atoms with Crippen LogP contribution in [-0.4, -0.2) is 40.4 Å². The molecular weight excluding hydrogens is 320 g/mol. The maximum atomic E-state index is 11.6. The molecule has 142 valence electrons. The monoisotopic (exact) mass is 352 g/mol. The number of aromatic hydroxyl groups is 2. The zero-order valence-corrected chi connectivity index (χ0v) is 15.3. The Morgan fingerprint density at radius 2 is 1.92 bits per heavy atom. The Hall–Kier alpha value is -1.79. The molecule has 0 spiro atoms. The van der Waals surface area contributed by atoms with Crippen molar-refractivity contribution in [3.63, 3.8) is 0 Å². The summed E-state index contributed by atoms with van der Waals surface area (Å²) in [6.45, 7) is 5.27. The van der Waals surface area contributed by atoms with Gasteiger partial charge < -0.3 is 26.0 Å². The summed E-state index contributed by atoms with van der Waals surface area (Å²) >= 11 is 0. The van der Waals surface area contributed by atoms with Gasteiger partial charge in [-0.15, -0.1) is 0 Å². The smallest absolute Gasteiger partial charge is 0.219 e. The lowest BCUT2D eigenvalue weighted by Crippen LogP contribution is -2.30. The fraction of sp³-hybridized carbons (Fsp3) is 0.632. The van der Waals surface area contributed by atoms with Crippen LogP contribution in [0.1, 0.15) is 64.0 Å². The topological polar surface area (TPSA) is 102 Å². The molecule has 0 fully saturated rings. The van der Waals surface area contributed by atoms with Crippen molar-refractivity contribution in [1.82, 2.24) is 10.6 Å². The third kappa shape index (κ3) is 8.74. The number of unbranched alkanes of at least 4 members (excludes halogenated alkanes) is 2. The van der Waals surface area contributed by atoms with Gasteiger partial charge in [0.05, 0.1) is 6.10 Å². The standard InChI is InChI=1S/C19H32N2O4/c1-3-4-11-20-19(25)8-6-5-7-14(2)21-13-18(24)15-9-10-16(22)17(23)12-15/h9-10,12,14,18,21-24H,3-8,11,13H2,1-2H3,(H,20,25). The molecule has 0 aliphatic heterocycles. The first kappa shape index (κ1) is 21.3. The van der Waals surface area contributed by atoms with Crippen molar-refractivity contribution < 1.29 is 20.1 Å². The van der Waals surface area contributed by atoms with Crippen LogP contribution < -0.4 is 10.6 Å². The van der Waals surface area contributed by atoms with Crippen LogP contribution in [0.3, 0.4) is 0 Å². The predicted octanol–water partition coefficient (Wildman–Crippen LogP) is 2.59. The van der Waals surface area contributed by atoms with Gasteiger partial charge in [0.15, 0.2) is 11.5 Å². The van der Waals surface area contributed by atoms with Gasteiger partial charge in [-0.2, -0.15) is 0 Å². The molecule has 0 radical (unpaired) electrons. The van der Waals surface area contributed by atoms with E-state index in [1.165, 1.54) is 12.1 Å². The third-order valence-corrected chi connectivity index (χ3v) is 4.19. The quantitative estimate of drug-likeness (QED) is 0.294. The van der Waals surface area contributed by atoms with Crippen LogP contribution >= 0.6 is 0 Å². The number of amides is 1. The van der Waals surface area contributed by atoms with Gasteiger partial charge >= 0.3 is 0 Å². The highest BCUT2D eigenvalue weighted by atomic mass is 16.3. The molecule has 2 atom stereocenters. The predicted molar refractivity (Wildman–Crippen MR) is 98.6 cm³/mol. The van der Waals surface area contributed by atoms with E-state index < -0.39 is 6.10 Å². The Bertz CT molecular complexity index is 522. The van der Waals surface area contributed by atoms with E-state index >= 15 is 0 Å². The Kier molecular flexibility index (Phi) is 9.96. The zero-order valence-electron chi connectivity index (χ0n) is 15.3. The van der Waals surface area contributed by atoms with Crippen LogP contribution in [0.25, 0.3) is 0 Å². The highest BCUT2D eigenvalue weighted by Crippen LogP contribution is 2.27. The normalized spacial score (nSPS) is 13.4. The Morgan fingerprint density at radius 1 is 1.16 bits per heavy atom. The highest BCUT2D eigenvalue weighted by Gasteiger charge is 2.11. The number of phenolic OH excluding ortho intramolecular Hbond substituents is 2. The Morgan fingerprint density at radius 3 is 2.60 bits per heavy atom. The number of benzene rings is 1. The van der Waals surface area contributed by atoms with Gasteiger partial charge in [-0.1, -0.05) is 25.8 Å². The molecule has 1 aromatic rings. The number of aliphatic hydroxyl groups excluding tert-OH is 1. The first-order valence-electron chi connectivity index (χ1n) is 9.14. The molecule has 0 heterocycles. The molecule has 25 heavy (non-hydrogen) atoms. The van der Waals surface area contributed by atoms with Gasteiger partial charge in [0, 0.05) is 25.6 Å². The summed E-state index contributed by atoms with van der Waals surface area (Å²) in [6, 6.07) is 4.54. The number of hydrogen-bond donors (Lipinski definition) is 5. The molecule has 6 heteroatoms. The minimum atomic E-state index is -0.752. The molecule has 0 aliphatic carbocycles. The molecular formula is C19H32N2O4. The summed E-state index contributed by atoms with van der Waals surface area (Å²) in [6.07, 6.45) is 4.65. The van der Waals surface area contributed by atoms with Crippen molar-refractivity contribution in [3.05, 3.63) is 23.8 Å². The van der Waals surface area contributed by atoms with E-state index in [1.807, 2.05) is 6.92 Å². The maximum absolute atomic E-state index is 11.6. The zero-order chi connectivity index (χ0) is 18.7. The van der Waals surface area contributed by atoms with Crippen molar-refractivity contribution >= 4 is 5.91 Å². The molecule has 0 aliphatic rings. The van der Waals surface area contributed by atoms with Crippen LogP contribution in [0, 0.1) is 0 Å². The van der Waals surface area contributed by atoms with E-state index in [4.69, 9.17) is 0 Å². The maximum Gasteiger partial charge on any atom is 0.219 e. The number of rotatable bonds is 12. The fourth-order valence-electron chi connectivity index (χ4n) is 2.51. The molecule has 0 bridgehead atoms. The number of nitrogens with one attached hydrogen (secondary N) is 2. The van der Waals surface area contributed by atoms with Gasteiger partial charge in [0.1, 0.15) is 0 Å². The van der Waals surface area contributed by atoms with Gasteiger partial charge in [-0.25, -0.2) is 0 Å². The summed E-state index contributed by atoms with van der Waals surface area (Å²) in [7, 11) is 0. The minimum absolute atomic E-state index is 0.122. The first-order chi connectivity index (χ1) is 11.9. The molecule has 2 unspecified atom stereocenters. The van der Waals surface area contributed by atoms with E-state index in [0.717, 1.165) is 38.6 Å². The SMILES string of the molecule is CCCCNC(=O)CCCCC(C)NCC(O)c1ccc(O)c(O)c1. The molecule has 1 amide bonds. The van der Waals surface area contributed by atoms with Crippen LogP contribution in [0.4, 0.5) is 0 Å². The first-order valence-corrected chi connectivity index (χ1v) is 9.14. The van der Waals surface area contributed by atoms with Crippen LogP contribution in [-0.2, 0) is 4.79 Å². The molecule has 1 aromatic carbocycles. The number of aliphatic hydroxyl groups is 1. The average Bonchev–Trinajstić information content (AvgIpc) is 2.59. The molecule has 6 nitrogen and oxygen atoms in total. The average molecular weight is 352 g/mol. The summed E-state index contributed by atoms with van der Waals surface area (Å²) in [5.41, 5.74) is 0.554. The van der Waals surface area contributed by atoms with Crippen molar-refractivity contribution in [2.75, 3.05) is 13.1 Å². The largest absolute Gasteiger partial charge is 0.504 e. The van der Waals surface area contributed by atoms with Gasteiger partial charge in [0.2, 0.25) is 5.91 Å². The van der Waals surface area contributed by atoms with Crippen molar-refractivity contribution in [2.45, 2.75) is 64.5 Å². The second kappa shape index (κ2) is 11.7. The fourth-order valence-corrected chi connectivity index (χ4v) is 2.51. The second-order valence-electron chi connectivity index (χ2n) is 6.52. The van der Waals surface area contributed by atoms with E-state index in [2.05, 4.69) is 17.6 Å². The highest BCUT2D eigenvalue weighted by molar-refractivity contribution is 5.75. The van der Waals surface area contributed by atoms with Gasteiger partial charge in [-0.05, 0) is 43.9 Å². The molecule has 0 saturated carbocycles. The van der Waals surface area contributed by atoms with Crippen molar-refractivity contribution in [3.8, 4) is 11.5 Å². The third-order valence-electron chi connectivity index (χ3n) is 4.19. The molecule has 0 aromatic heterocycles. The molecule has 1 rings (SSSR count).